The predicted molar refractivity (Wildman–Crippen MR) is 98.5 cm³/mol. The number of fused-ring (bicyclic) bond motifs is 1. The molecule has 1 spiro atoms. The van der Waals surface area contributed by atoms with E-state index in [1.165, 1.54) is 23.9 Å². The van der Waals surface area contributed by atoms with Gasteiger partial charge in [-0.2, -0.15) is 0 Å². The van der Waals surface area contributed by atoms with Gasteiger partial charge in [-0.05, 0) is 38.1 Å². The van der Waals surface area contributed by atoms with Gasteiger partial charge < -0.3 is 19.4 Å². The van der Waals surface area contributed by atoms with Crippen LogP contribution in [0.2, 0.25) is 0 Å². The summed E-state index contributed by atoms with van der Waals surface area (Å²) >= 11 is 0. The molecule has 4 rings (SSSR count). The number of nitrogens with one attached hydrogen (secondary N) is 2. The van der Waals surface area contributed by atoms with Crippen LogP contribution in [0.15, 0.2) is 35.4 Å². The monoisotopic (exact) mass is 391 g/mol. The van der Waals surface area contributed by atoms with Crippen molar-refractivity contribution in [2.45, 2.75) is 36.4 Å². The Kier molecular flexibility index (Phi) is 4.15. The molecule has 1 aromatic carbocycles. The molecule has 2 N–H and O–H groups in total. The second-order valence-corrected chi connectivity index (χ2v) is 8.70. The highest BCUT2D eigenvalue weighted by Crippen LogP contribution is 2.47. The van der Waals surface area contributed by atoms with Crippen molar-refractivity contribution >= 4 is 21.6 Å². The third kappa shape index (κ3) is 3.17. The van der Waals surface area contributed by atoms with E-state index < -0.39 is 21.7 Å². The fourth-order valence-corrected chi connectivity index (χ4v) is 4.31. The smallest absolute Gasteiger partial charge is 0.272 e. The standard InChI is InChI=1S/C18H21N3O5S/c1-19-27(23,24)13-10-14(21(2)11-13)17(22)20-12-5-6-15-16(9-12)26-18(25-15)7-3-4-8-18/h5-6,9-11,19H,3-4,7-8H2,1-2H3,(H,20,22). The van der Waals surface area contributed by atoms with Crippen molar-refractivity contribution in [2.75, 3.05) is 12.4 Å². The number of anilines is 1. The maximum absolute atomic E-state index is 12.6. The summed E-state index contributed by atoms with van der Waals surface area (Å²) in [5.41, 5.74) is 0.783. The molecule has 9 heteroatoms. The summed E-state index contributed by atoms with van der Waals surface area (Å²) in [5, 5.41) is 2.78. The van der Waals surface area contributed by atoms with Gasteiger partial charge >= 0.3 is 0 Å². The maximum atomic E-state index is 12.6. The Bertz CT molecular complexity index is 1010. The van der Waals surface area contributed by atoms with Crippen molar-refractivity contribution in [3.63, 3.8) is 0 Å². The van der Waals surface area contributed by atoms with Gasteiger partial charge in [0.05, 0.1) is 0 Å². The van der Waals surface area contributed by atoms with Crippen LogP contribution in [0.25, 0.3) is 0 Å². The molecule has 0 atom stereocenters. The zero-order chi connectivity index (χ0) is 19.2. The second kappa shape index (κ2) is 6.28. The van der Waals surface area contributed by atoms with E-state index in [1.54, 1.807) is 25.2 Å². The molecule has 27 heavy (non-hydrogen) atoms. The van der Waals surface area contributed by atoms with E-state index in [9.17, 15) is 13.2 Å². The molecule has 0 saturated heterocycles. The number of aryl methyl sites for hydroxylation is 1. The molecule has 144 valence electrons. The van der Waals surface area contributed by atoms with Crippen LogP contribution in [0.4, 0.5) is 5.69 Å². The highest BCUT2D eigenvalue weighted by atomic mass is 32.2. The zero-order valence-corrected chi connectivity index (χ0v) is 15.9. The largest absolute Gasteiger partial charge is 0.448 e. The quantitative estimate of drug-likeness (QED) is 0.833. The van der Waals surface area contributed by atoms with Gasteiger partial charge in [0.25, 0.3) is 11.7 Å². The SMILES string of the molecule is CNS(=O)(=O)c1cc(C(=O)Nc2ccc3c(c2)OC2(CCCC2)O3)n(C)c1. The first-order valence-corrected chi connectivity index (χ1v) is 10.2. The van der Waals surface area contributed by atoms with Crippen LogP contribution in [0.3, 0.4) is 0 Å². The maximum Gasteiger partial charge on any atom is 0.272 e. The van der Waals surface area contributed by atoms with Gasteiger partial charge in [0.2, 0.25) is 10.0 Å². The summed E-state index contributed by atoms with van der Waals surface area (Å²) < 4.78 is 39.5. The molecule has 1 fully saturated rings. The zero-order valence-electron chi connectivity index (χ0n) is 15.1. The molecule has 1 aliphatic carbocycles. The van der Waals surface area contributed by atoms with Gasteiger partial charge in [-0.15, -0.1) is 0 Å². The summed E-state index contributed by atoms with van der Waals surface area (Å²) in [7, 11) is -0.671. The van der Waals surface area contributed by atoms with E-state index in [1.807, 2.05) is 0 Å². The summed E-state index contributed by atoms with van der Waals surface area (Å²) in [5.74, 6) is 0.320. The molecular formula is C18H21N3O5S. The van der Waals surface area contributed by atoms with Crippen molar-refractivity contribution < 1.29 is 22.7 Å². The predicted octanol–water partition coefficient (Wildman–Crippen LogP) is 2.23. The first kappa shape index (κ1) is 17.9. The summed E-state index contributed by atoms with van der Waals surface area (Å²) in [6.45, 7) is 0. The Hall–Kier alpha value is -2.52. The van der Waals surface area contributed by atoms with E-state index in [4.69, 9.17) is 9.47 Å². The molecule has 1 aromatic heterocycles. The van der Waals surface area contributed by atoms with Crippen LogP contribution >= 0.6 is 0 Å². The fourth-order valence-electron chi connectivity index (χ4n) is 3.51. The van der Waals surface area contributed by atoms with Crippen molar-refractivity contribution in [2.24, 2.45) is 7.05 Å². The van der Waals surface area contributed by atoms with Crippen LogP contribution in [0.1, 0.15) is 36.2 Å². The van der Waals surface area contributed by atoms with Gasteiger partial charge in [-0.25, -0.2) is 13.1 Å². The molecule has 0 radical (unpaired) electrons. The molecule has 1 amide bonds. The second-order valence-electron chi connectivity index (χ2n) is 6.82. The molecule has 1 aliphatic heterocycles. The summed E-state index contributed by atoms with van der Waals surface area (Å²) in [4.78, 5) is 12.6. The lowest BCUT2D eigenvalue weighted by Crippen LogP contribution is -2.34. The van der Waals surface area contributed by atoms with Crippen molar-refractivity contribution in [1.29, 1.82) is 0 Å². The molecule has 1 saturated carbocycles. The lowest BCUT2D eigenvalue weighted by atomic mass is 10.2. The van der Waals surface area contributed by atoms with Crippen LogP contribution in [0.5, 0.6) is 11.5 Å². The first-order valence-electron chi connectivity index (χ1n) is 8.75. The number of carbonyl (C=O) groups excluding carboxylic acids is 1. The number of aromatic nitrogens is 1. The van der Waals surface area contributed by atoms with Crippen LogP contribution in [-0.2, 0) is 17.1 Å². The number of benzene rings is 1. The minimum atomic E-state index is -3.61. The highest BCUT2D eigenvalue weighted by molar-refractivity contribution is 7.89. The summed E-state index contributed by atoms with van der Waals surface area (Å²) in [6.07, 6.45) is 5.25. The Morgan fingerprint density at radius 3 is 2.56 bits per heavy atom. The van der Waals surface area contributed by atoms with E-state index in [0.29, 0.717) is 17.2 Å². The number of amides is 1. The average molecular weight is 391 g/mol. The number of rotatable bonds is 4. The molecule has 0 bridgehead atoms. The third-order valence-electron chi connectivity index (χ3n) is 4.95. The number of carbonyl (C=O) groups is 1. The van der Waals surface area contributed by atoms with Gasteiger partial charge in [-0.1, -0.05) is 0 Å². The van der Waals surface area contributed by atoms with Crippen LogP contribution in [-0.4, -0.2) is 31.7 Å². The van der Waals surface area contributed by atoms with Crippen molar-refractivity contribution in [3.8, 4) is 11.5 Å². The number of ether oxygens (including phenoxy) is 2. The van der Waals surface area contributed by atoms with E-state index >= 15 is 0 Å². The molecule has 2 aromatic rings. The molecule has 2 aliphatic rings. The minimum absolute atomic E-state index is 0.0338. The molecular weight excluding hydrogens is 370 g/mol. The van der Waals surface area contributed by atoms with Crippen molar-refractivity contribution in [3.05, 3.63) is 36.2 Å². The highest BCUT2D eigenvalue weighted by Gasteiger charge is 2.44. The number of hydrogen-bond donors (Lipinski definition) is 2. The summed E-state index contributed by atoms with van der Waals surface area (Å²) in [6, 6.07) is 6.58. The minimum Gasteiger partial charge on any atom is -0.448 e. The lowest BCUT2D eigenvalue weighted by Gasteiger charge is -2.21. The molecule has 0 unspecified atom stereocenters. The molecule has 8 nitrogen and oxygen atoms in total. The van der Waals surface area contributed by atoms with E-state index in [-0.39, 0.29) is 10.6 Å². The van der Waals surface area contributed by atoms with Gasteiger partial charge in [-0.3, -0.25) is 4.79 Å². The Morgan fingerprint density at radius 2 is 1.85 bits per heavy atom. The lowest BCUT2D eigenvalue weighted by molar-refractivity contribution is -0.0716. The van der Waals surface area contributed by atoms with Gasteiger partial charge in [0.1, 0.15) is 10.6 Å². The average Bonchev–Trinajstić information content (AvgIpc) is 3.33. The topological polar surface area (TPSA) is 98.7 Å². The fraction of sp³-hybridized carbons (Fsp3) is 0.389. The number of hydrogen-bond acceptors (Lipinski definition) is 5. The van der Waals surface area contributed by atoms with Crippen LogP contribution in [0, 0.1) is 0 Å². The molecule has 2 heterocycles. The Labute approximate surface area is 157 Å². The normalized spacial score (nSPS) is 17.4. The van der Waals surface area contributed by atoms with Gasteiger partial charge in [0, 0.05) is 37.8 Å². The third-order valence-corrected chi connectivity index (χ3v) is 6.33. The number of sulfonamides is 1. The van der Waals surface area contributed by atoms with E-state index in [0.717, 1.165) is 25.7 Å². The van der Waals surface area contributed by atoms with E-state index in [2.05, 4.69) is 10.0 Å². The van der Waals surface area contributed by atoms with Crippen LogP contribution < -0.4 is 19.5 Å². The first-order chi connectivity index (χ1) is 12.8. The number of nitrogens with zero attached hydrogens (tertiary/aromatic N) is 1. The van der Waals surface area contributed by atoms with Crippen molar-refractivity contribution in [1.82, 2.24) is 9.29 Å². The Balaban J connectivity index is 1.53. The Morgan fingerprint density at radius 1 is 1.15 bits per heavy atom. The van der Waals surface area contributed by atoms with Gasteiger partial charge in [0.15, 0.2) is 11.5 Å².